The summed E-state index contributed by atoms with van der Waals surface area (Å²) >= 11 is 1.39. The molecule has 0 saturated heterocycles. The number of aryl methyl sites for hydroxylation is 2. The van der Waals surface area contributed by atoms with Gasteiger partial charge in [0.25, 0.3) is 5.91 Å². The van der Waals surface area contributed by atoms with Crippen molar-refractivity contribution in [2.45, 2.75) is 58.1 Å². The number of pyridine rings is 1. The Hall–Kier alpha value is -3.13. The predicted octanol–water partition coefficient (Wildman–Crippen LogP) is 4.75. The molecule has 2 amide bonds. The molecular formula is C25H30N4O3S. The van der Waals surface area contributed by atoms with Crippen LogP contribution in [0.2, 0.25) is 0 Å². The monoisotopic (exact) mass is 466 g/mol. The molecule has 4 N–H and O–H groups in total. The van der Waals surface area contributed by atoms with Gasteiger partial charge in [-0.15, -0.1) is 11.3 Å². The summed E-state index contributed by atoms with van der Waals surface area (Å²) in [6.45, 7) is 5.58. The van der Waals surface area contributed by atoms with Crippen LogP contribution in [0, 0.1) is 0 Å². The number of fused-ring (bicyclic) bond motifs is 2. The van der Waals surface area contributed by atoms with Gasteiger partial charge in [0, 0.05) is 23.3 Å². The van der Waals surface area contributed by atoms with E-state index >= 15 is 0 Å². The summed E-state index contributed by atoms with van der Waals surface area (Å²) in [5.74, 6) is -0.214. The van der Waals surface area contributed by atoms with E-state index < -0.39 is 17.7 Å². The molecule has 33 heavy (non-hydrogen) atoms. The van der Waals surface area contributed by atoms with E-state index in [1.54, 1.807) is 32.9 Å². The van der Waals surface area contributed by atoms with Crippen LogP contribution in [0.25, 0.3) is 10.2 Å². The summed E-state index contributed by atoms with van der Waals surface area (Å²) in [6.07, 6.45) is 3.85. The smallest absolute Gasteiger partial charge is 0.407 e. The lowest BCUT2D eigenvalue weighted by atomic mass is 9.96. The van der Waals surface area contributed by atoms with Crippen LogP contribution in [-0.4, -0.2) is 29.1 Å². The Morgan fingerprint density at radius 3 is 2.73 bits per heavy atom. The lowest BCUT2D eigenvalue weighted by Gasteiger charge is -2.23. The molecule has 2 aromatic heterocycles. The summed E-state index contributed by atoms with van der Waals surface area (Å²) < 4.78 is 5.33. The summed E-state index contributed by atoms with van der Waals surface area (Å²) in [7, 11) is 0. The zero-order valence-corrected chi connectivity index (χ0v) is 20.1. The first-order chi connectivity index (χ1) is 15.7. The number of rotatable bonds is 5. The molecule has 0 bridgehead atoms. The highest BCUT2D eigenvalue weighted by atomic mass is 32.1. The van der Waals surface area contributed by atoms with Gasteiger partial charge in [-0.2, -0.15) is 0 Å². The van der Waals surface area contributed by atoms with E-state index in [9.17, 15) is 9.59 Å². The molecule has 3 aromatic rings. The highest BCUT2D eigenvalue weighted by Crippen LogP contribution is 2.30. The quantitative estimate of drug-likeness (QED) is 0.470. The lowest BCUT2D eigenvalue weighted by Crippen LogP contribution is -2.40. The number of carbonyl (C=O) groups excluding carboxylic acids is 2. The van der Waals surface area contributed by atoms with E-state index in [1.165, 1.54) is 23.3 Å². The Kier molecular flexibility index (Phi) is 6.56. The van der Waals surface area contributed by atoms with Crippen LogP contribution in [0.3, 0.4) is 0 Å². The Labute approximate surface area is 197 Å². The number of ether oxygens (including phenoxy) is 1. The minimum Gasteiger partial charge on any atom is -0.444 e. The number of amides is 2. The van der Waals surface area contributed by atoms with Crippen molar-refractivity contribution in [1.29, 1.82) is 0 Å². The van der Waals surface area contributed by atoms with E-state index in [0.717, 1.165) is 40.7 Å². The third kappa shape index (κ3) is 5.82. The summed E-state index contributed by atoms with van der Waals surface area (Å²) in [4.78, 5) is 31.6. The molecule has 0 radical (unpaired) electrons. The first-order valence-electron chi connectivity index (χ1n) is 11.2. The number of hydrogen-bond donors (Lipinski definition) is 3. The van der Waals surface area contributed by atoms with E-state index in [0.29, 0.717) is 10.6 Å². The van der Waals surface area contributed by atoms with Gasteiger partial charge in [-0.3, -0.25) is 4.79 Å². The number of nitrogen functional groups attached to an aromatic ring is 1. The van der Waals surface area contributed by atoms with Gasteiger partial charge in [-0.25, -0.2) is 9.78 Å². The Morgan fingerprint density at radius 2 is 1.97 bits per heavy atom. The van der Waals surface area contributed by atoms with E-state index in [4.69, 9.17) is 15.5 Å². The number of aromatic nitrogens is 1. The zero-order chi connectivity index (χ0) is 23.6. The average molecular weight is 467 g/mol. The Morgan fingerprint density at radius 1 is 1.18 bits per heavy atom. The number of hydrogen-bond acceptors (Lipinski definition) is 6. The van der Waals surface area contributed by atoms with Gasteiger partial charge >= 0.3 is 6.09 Å². The van der Waals surface area contributed by atoms with Crippen LogP contribution in [0.4, 0.5) is 10.5 Å². The highest BCUT2D eigenvalue weighted by Gasteiger charge is 2.22. The van der Waals surface area contributed by atoms with Crippen molar-refractivity contribution in [3.8, 4) is 0 Å². The first kappa shape index (κ1) is 23.0. The molecule has 2 heterocycles. The third-order valence-electron chi connectivity index (χ3n) is 5.48. The van der Waals surface area contributed by atoms with Crippen LogP contribution < -0.4 is 16.4 Å². The van der Waals surface area contributed by atoms with Crippen molar-refractivity contribution in [3.05, 3.63) is 58.1 Å². The number of nitrogens with one attached hydrogen (secondary N) is 2. The topological polar surface area (TPSA) is 106 Å². The fourth-order valence-corrected chi connectivity index (χ4v) is 4.90. The second-order valence-electron chi connectivity index (χ2n) is 9.39. The van der Waals surface area contributed by atoms with Crippen molar-refractivity contribution >= 4 is 39.2 Å². The first-order valence-corrected chi connectivity index (χ1v) is 12.0. The fraction of sp³-hybridized carbons (Fsp3) is 0.400. The van der Waals surface area contributed by atoms with Crippen molar-refractivity contribution in [3.63, 3.8) is 0 Å². The summed E-state index contributed by atoms with van der Waals surface area (Å²) in [5.41, 5.74) is 9.18. The number of nitrogens with zero attached hydrogens (tertiary/aromatic N) is 1. The number of alkyl carbamates (subject to hydrolysis) is 1. The molecule has 0 unspecified atom stereocenters. The molecular weight excluding hydrogens is 436 g/mol. The summed E-state index contributed by atoms with van der Waals surface area (Å²) in [6, 6.07) is 10.9. The van der Waals surface area contributed by atoms with E-state index in [-0.39, 0.29) is 12.5 Å². The van der Waals surface area contributed by atoms with Crippen LogP contribution in [-0.2, 0) is 17.6 Å². The van der Waals surface area contributed by atoms with Gasteiger partial charge in [0.1, 0.15) is 10.4 Å². The maximum Gasteiger partial charge on any atom is 0.407 e. The molecule has 0 saturated carbocycles. The van der Waals surface area contributed by atoms with Gasteiger partial charge in [-0.1, -0.05) is 12.1 Å². The molecule has 0 fully saturated rings. The van der Waals surface area contributed by atoms with Crippen molar-refractivity contribution < 1.29 is 14.3 Å². The second-order valence-corrected chi connectivity index (χ2v) is 10.4. The van der Waals surface area contributed by atoms with Gasteiger partial charge in [0.05, 0.1) is 10.9 Å². The fourth-order valence-electron chi connectivity index (χ4n) is 3.96. The third-order valence-corrected chi connectivity index (χ3v) is 6.52. The van der Waals surface area contributed by atoms with Crippen LogP contribution >= 0.6 is 11.3 Å². The maximum atomic E-state index is 13.2. The molecule has 1 aliphatic carbocycles. The van der Waals surface area contributed by atoms with Crippen molar-refractivity contribution in [2.75, 3.05) is 12.3 Å². The maximum absolute atomic E-state index is 13.2. The Balaban J connectivity index is 1.53. The number of benzene rings is 1. The van der Waals surface area contributed by atoms with Gasteiger partial charge in [0.15, 0.2) is 0 Å². The number of thiophene rings is 1. The van der Waals surface area contributed by atoms with Crippen molar-refractivity contribution in [2.24, 2.45) is 0 Å². The average Bonchev–Trinajstić information content (AvgIpc) is 3.16. The largest absolute Gasteiger partial charge is 0.444 e. The molecule has 1 aliphatic rings. The van der Waals surface area contributed by atoms with E-state index in [2.05, 4.69) is 16.7 Å². The van der Waals surface area contributed by atoms with E-state index in [1.807, 2.05) is 18.2 Å². The van der Waals surface area contributed by atoms with Crippen LogP contribution in [0.1, 0.15) is 66.1 Å². The Bertz CT molecular complexity index is 1140. The number of carbonyl (C=O) groups is 2. The molecule has 1 aromatic carbocycles. The SMILES string of the molecule is CC(C)(C)OC(=O)NC[C@@H](NC(=O)c1cc2cc3c(nc2s1)CCCC3)c1cccc(N)c1. The molecule has 0 spiro atoms. The van der Waals surface area contributed by atoms with Gasteiger partial charge < -0.3 is 21.1 Å². The molecule has 7 nitrogen and oxygen atoms in total. The van der Waals surface area contributed by atoms with Crippen LogP contribution in [0.15, 0.2) is 36.4 Å². The molecule has 1 atom stereocenters. The lowest BCUT2D eigenvalue weighted by molar-refractivity contribution is 0.0520. The molecule has 174 valence electrons. The minimum absolute atomic E-state index is 0.168. The number of nitrogens with two attached hydrogens (primary N) is 1. The summed E-state index contributed by atoms with van der Waals surface area (Å²) in [5, 5.41) is 6.79. The molecule has 4 rings (SSSR count). The standard InChI is InChI=1S/C25H30N4O3S/c1-25(2,3)32-24(31)27-14-20(16-8-6-9-18(26)12-16)28-22(30)21-13-17-11-15-7-4-5-10-19(15)29-23(17)33-21/h6,8-9,11-13,20H,4-5,7,10,14,26H2,1-3H3,(H,27,31)(H,28,30)/t20-/m1/s1. The van der Waals surface area contributed by atoms with Crippen LogP contribution in [0.5, 0.6) is 0 Å². The number of anilines is 1. The molecule has 0 aliphatic heterocycles. The normalized spacial score (nSPS) is 14.4. The highest BCUT2D eigenvalue weighted by molar-refractivity contribution is 7.20. The van der Waals surface area contributed by atoms with Gasteiger partial charge in [0.2, 0.25) is 0 Å². The zero-order valence-electron chi connectivity index (χ0n) is 19.2. The predicted molar refractivity (Wildman–Crippen MR) is 132 cm³/mol. The van der Waals surface area contributed by atoms with Crippen molar-refractivity contribution in [1.82, 2.24) is 15.6 Å². The van der Waals surface area contributed by atoms with Gasteiger partial charge in [-0.05, 0) is 81.8 Å². The second kappa shape index (κ2) is 9.39. The molecule has 8 heteroatoms. The minimum atomic E-state index is -0.608.